The Bertz CT molecular complexity index is 1120. The van der Waals surface area contributed by atoms with Crippen molar-refractivity contribution >= 4 is 39.1 Å². The van der Waals surface area contributed by atoms with Crippen molar-refractivity contribution in [2.24, 2.45) is 5.92 Å². The molecule has 0 bridgehead atoms. The lowest BCUT2D eigenvalue weighted by molar-refractivity contribution is -0.126. The molecule has 0 aliphatic carbocycles. The van der Waals surface area contributed by atoms with Crippen LogP contribution in [0.2, 0.25) is 0 Å². The molecule has 2 aliphatic heterocycles. The average Bonchev–Trinajstić information content (AvgIpc) is 3.31. The van der Waals surface area contributed by atoms with Crippen LogP contribution in [0.25, 0.3) is 0 Å². The van der Waals surface area contributed by atoms with Crippen molar-refractivity contribution in [1.82, 2.24) is 0 Å². The summed E-state index contributed by atoms with van der Waals surface area (Å²) >= 11 is 3.40. The summed E-state index contributed by atoms with van der Waals surface area (Å²) in [4.78, 5) is 34.3. The molecule has 2 heterocycles. The number of carbonyl (C=O) groups excluding carboxylic acids is 2. The summed E-state index contributed by atoms with van der Waals surface area (Å²) in [6.07, 6.45) is 0.0807. The van der Waals surface area contributed by atoms with Gasteiger partial charge in [-0.2, -0.15) is 0 Å². The van der Waals surface area contributed by atoms with E-state index in [-0.39, 0.29) is 11.8 Å². The maximum atomic E-state index is 13.6. The van der Waals surface area contributed by atoms with Crippen molar-refractivity contribution in [3.8, 4) is 0 Å². The Morgan fingerprint density at radius 1 is 0.839 bits per heavy atom. The van der Waals surface area contributed by atoms with Crippen LogP contribution in [0.15, 0.2) is 83.3 Å². The smallest absolute Gasteiger partial charge is 0.266 e. The summed E-state index contributed by atoms with van der Waals surface area (Å²) in [6.45, 7) is 2.11. The SMILES string of the molecule is CCc1ccc([C@H]2[C@H]3C(=O)N(c4ccc(Br)cc4)C(=O)[C@H]3ON2c2ccccc2)cc1. The van der Waals surface area contributed by atoms with Crippen LogP contribution in [-0.2, 0) is 20.8 Å². The zero-order chi connectivity index (χ0) is 21.5. The van der Waals surface area contributed by atoms with Gasteiger partial charge in [0.1, 0.15) is 5.92 Å². The standard InChI is InChI=1S/C25H21BrN2O3/c1-2-16-8-10-17(11-9-16)22-21-23(31-28(22)20-6-4-3-5-7-20)25(30)27(24(21)29)19-14-12-18(26)13-15-19/h3-15,21-23H,2H2,1H3/t21-,22+,23+/m1/s1. The molecule has 5 nitrogen and oxygen atoms in total. The van der Waals surface area contributed by atoms with Crippen LogP contribution in [0, 0.1) is 5.92 Å². The number of aryl methyl sites for hydroxylation is 1. The van der Waals surface area contributed by atoms with Gasteiger partial charge in [0.15, 0.2) is 6.10 Å². The highest BCUT2D eigenvalue weighted by atomic mass is 79.9. The normalized spacial score (nSPS) is 22.8. The highest BCUT2D eigenvalue weighted by molar-refractivity contribution is 9.10. The van der Waals surface area contributed by atoms with E-state index < -0.39 is 18.1 Å². The number of para-hydroxylation sites is 1. The van der Waals surface area contributed by atoms with Crippen LogP contribution < -0.4 is 9.96 Å². The Hall–Kier alpha value is -2.96. The number of benzene rings is 3. The van der Waals surface area contributed by atoms with Gasteiger partial charge < -0.3 is 0 Å². The number of imide groups is 1. The summed E-state index contributed by atoms with van der Waals surface area (Å²) in [6, 6.07) is 24.6. The zero-order valence-corrected chi connectivity index (χ0v) is 18.5. The molecule has 2 fully saturated rings. The Kier molecular flexibility index (Phi) is 5.12. The van der Waals surface area contributed by atoms with E-state index in [9.17, 15) is 9.59 Å². The monoisotopic (exact) mass is 476 g/mol. The predicted molar refractivity (Wildman–Crippen MR) is 122 cm³/mol. The number of rotatable bonds is 4. The van der Waals surface area contributed by atoms with Gasteiger partial charge in [-0.1, -0.05) is 65.3 Å². The van der Waals surface area contributed by atoms with Crippen LogP contribution in [0.3, 0.4) is 0 Å². The van der Waals surface area contributed by atoms with Gasteiger partial charge in [-0.15, -0.1) is 0 Å². The van der Waals surface area contributed by atoms with E-state index in [1.807, 2.05) is 54.6 Å². The molecule has 156 valence electrons. The van der Waals surface area contributed by atoms with Crippen LogP contribution in [0.5, 0.6) is 0 Å². The third kappa shape index (κ3) is 3.36. The van der Waals surface area contributed by atoms with Gasteiger partial charge in [0.25, 0.3) is 5.91 Å². The molecule has 3 aromatic rings. The van der Waals surface area contributed by atoms with Gasteiger partial charge in [0.05, 0.1) is 17.4 Å². The van der Waals surface area contributed by atoms with E-state index in [1.165, 1.54) is 10.5 Å². The highest BCUT2D eigenvalue weighted by Crippen LogP contribution is 2.47. The Morgan fingerprint density at radius 3 is 2.16 bits per heavy atom. The second kappa shape index (κ2) is 7.94. The third-order valence-electron chi connectivity index (χ3n) is 5.94. The Morgan fingerprint density at radius 2 is 1.52 bits per heavy atom. The molecule has 2 aliphatic rings. The van der Waals surface area contributed by atoms with Gasteiger partial charge in [-0.05, 0) is 53.9 Å². The molecule has 0 aromatic heterocycles. The molecule has 5 rings (SSSR count). The number of amides is 2. The maximum absolute atomic E-state index is 13.6. The first-order valence-corrected chi connectivity index (χ1v) is 11.1. The third-order valence-corrected chi connectivity index (χ3v) is 6.47. The minimum Gasteiger partial charge on any atom is -0.273 e. The molecule has 6 heteroatoms. The van der Waals surface area contributed by atoms with E-state index in [4.69, 9.17) is 4.84 Å². The van der Waals surface area contributed by atoms with Crippen molar-refractivity contribution < 1.29 is 14.4 Å². The molecule has 0 saturated carbocycles. The topological polar surface area (TPSA) is 49.9 Å². The van der Waals surface area contributed by atoms with Crippen molar-refractivity contribution in [2.75, 3.05) is 9.96 Å². The van der Waals surface area contributed by atoms with Crippen LogP contribution in [0.1, 0.15) is 24.1 Å². The predicted octanol–water partition coefficient (Wildman–Crippen LogP) is 5.06. The molecule has 0 spiro atoms. The number of fused-ring (bicyclic) bond motifs is 1. The van der Waals surface area contributed by atoms with Gasteiger partial charge in [-0.3, -0.25) is 14.4 Å². The van der Waals surface area contributed by atoms with Crippen molar-refractivity contribution in [3.05, 3.63) is 94.5 Å². The molecule has 3 aromatic carbocycles. The lowest BCUT2D eigenvalue weighted by atomic mass is 9.90. The molecular formula is C25H21BrN2O3. The van der Waals surface area contributed by atoms with Gasteiger partial charge >= 0.3 is 0 Å². The Balaban J connectivity index is 1.57. The lowest BCUT2D eigenvalue weighted by Gasteiger charge is -2.28. The van der Waals surface area contributed by atoms with Crippen molar-refractivity contribution in [3.63, 3.8) is 0 Å². The molecular weight excluding hydrogens is 456 g/mol. The van der Waals surface area contributed by atoms with Gasteiger partial charge in [-0.25, -0.2) is 9.96 Å². The molecule has 0 N–H and O–H groups in total. The fourth-order valence-electron chi connectivity index (χ4n) is 4.35. The summed E-state index contributed by atoms with van der Waals surface area (Å²) in [7, 11) is 0. The maximum Gasteiger partial charge on any atom is 0.266 e. The average molecular weight is 477 g/mol. The van der Waals surface area contributed by atoms with Crippen LogP contribution in [0.4, 0.5) is 11.4 Å². The number of anilines is 2. The van der Waals surface area contributed by atoms with E-state index in [2.05, 4.69) is 35.0 Å². The molecule has 0 radical (unpaired) electrons. The van der Waals surface area contributed by atoms with Crippen LogP contribution >= 0.6 is 15.9 Å². The molecule has 31 heavy (non-hydrogen) atoms. The first kappa shape index (κ1) is 20.0. The second-order valence-corrected chi connectivity index (χ2v) is 8.66. The summed E-state index contributed by atoms with van der Waals surface area (Å²) in [5.41, 5.74) is 3.54. The first-order valence-electron chi connectivity index (χ1n) is 10.3. The van der Waals surface area contributed by atoms with E-state index >= 15 is 0 Å². The summed E-state index contributed by atoms with van der Waals surface area (Å²) < 4.78 is 0.885. The van der Waals surface area contributed by atoms with E-state index in [1.54, 1.807) is 17.2 Å². The summed E-state index contributed by atoms with van der Waals surface area (Å²) in [5.74, 6) is -1.19. The zero-order valence-electron chi connectivity index (χ0n) is 16.9. The molecule has 2 saturated heterocycles. The molecule has 2 amide bonds. The summed E-state index contributed by atoms with van der Waals surface area (Å²) in [5, 5.41) is 1.73. The number of halogens is 1. The number of hydroxylamine groups is 1. The number of nitrogens with zero attached hydrogens (tertiary/aromatic N) is 2. The van der Waals surface area contributed by atoms with Gasteiger partial charge in [0, 0.05) is 4.47 Å². The van der Waals surface area contributed by atoms with Crippen molar-refractivity contribution in [1.29, 1.82) is 0 Å². The second-order valence-electron chi connectivity index (χ2n) is 7.74. The quantitative estimate of drug-likeness (QED) is 0.493. The van der Waals surface area contributed by atoms with Crippen LogP contribution in [-0.4, -0.2) is 17.9 Å². The largest absolute Gasteiger partial charge is 0.273 e. The molecule has 3 atom stereocenters. The highest BCUT2D eigenvalue weighted by Gasteiger charge is 2.60. The van der Waals surface area contributed by atoms with E-state index in [0.29, 0.717) is 5.69 Å². The number of carbonyl (C=O) groups is 2. The fourth-order valence-corrected chi connectivity index (χ4v) is 4.61. The molecule has 0 unspecified atom stereocenters. The van der Waals surface area contributed by atoms with E-state index in [0.717, 1.165) is 22.1 Å². The fraction of sp³-hybridized carbons (Fsp3) is 0.200. The lowest BCUT2D eigenvalue weighted by Crippen LogP contribution is -2.37. The minimum absolute atomic E-state index is 0.236. The minimum atomic E-state index is -0.854. The van der Waals surface area contributed by atoms with Crippen molar-refractivity contribution in [2.45, 2.75) is 25.5 Å². The first-order chi connectivity index (χ1) is 15.1. The number of hydrogen-bond acceptors (Lipinski definition) is 4. The number of hydrogen-bond donors (Lipinski definition) is 0. The Labute approximate surface area is 189 Å². The van der Waals surface area contributed by atoms with Gasteiger partial charge in [0.2, 0.25) is 5.91 Å².